The zero-order chi connectivity index (χ0) is 12.6. The third kappa shape index (κ3) is 2.53. The Morgan fingerprint density at radius 2 is 2.12 bits per heavy atom. The summed E-state index contributed by atoms with van der Waals surface area (Å²) >= 11 is 3.20. The quantitative estimate of drug-likeness (QED) is 0.926. The summed E-state index contributed by atoms with van der Waals surface area (Å²) < 4.78 is 15.8. The Hall–Kier alpha value is -1.27. The summed E-state index contributed by atoms with van der Waals surface area (Å²) in [6.45, 7) is 3.64. The first-order valence-electron chi connectivity index (χ1n) is 5.05. The van der Waals surface area contributed by atoms with Crippen molar-refractivity contribution in [2.75, 3.05) is 0 Å². The van der Waals surface area contributed by atoms with Gasteiger partial charge in [-0.3, -0.25) is 0 Å². The van der Waals surface area contributed by atoms with Crippen molar-refractivity contribution in [3.05, 3.63) is 40.4 Å². The lowest BCUT2D eigenvalue weighted by Crippen LogP contribution is -2.29. The summed E-state index contributed by atoms with van der Waals surface area (Å²) in [5.41, 5.74) is 6.25. The molecular weight excluding hydrogens is 287 g/mol. The van der Waals surface area contributed by atoms with Crippen molar-refractivity contribution in [3.8, 4) is 5.69 Å². The average Bonchev–Trinajstić information content (AvgIpc) is 2.65. The molecular formula is C11H12BrFN4. The summed E-state index contributed by atoms with van der Waals surface area (Å²) in [6.07, 6.45) is 1.63. The summed E-state index contributed by atoms with van der Waals surface area (Å²) in [5.74, 6) is -0.370. The number of hydrogen-bond donors (Lipinski definition) is 1. The van der Waals surface area contributed by atoms with E-state index in [1.165, 1.54) is 10.7 Å². The van der Waals surface area contributed by atoms with Gasteiger partial charge in [0.05, 0.1) is 11.7 Å². The highest BCUT2D eigenvalue weighted by Crippen LogP contribution is 2.20. The topological polar surface area (TPSA) is 56.7 Å². The van der Waals surface area contributed by atoms with E-state index in [-0.39, 0.29) is 5.82 Å². The molecule has 2 rings (SSSR count). The fraction of sp³-hybridized carbons (Fsp3) is 0.273. The highest BCUT2D eigenvalue weighted by atomic mass is 79.9. The molecule has 0 aliphatic carbocycles. The van der Waals surface area contributed by atoms with E-state index in [9.17, 15) is 4.39 Å². The molecule has 90 valence electrons. The van der Waals surface area contributed by atoms with Crippen LogP contribution in [0.2, 0.25) is 0 Å². The van der Waals surface area contributed by atoms with Crippen LogP contribution >= 0.6 is 15.9 Å². The molecule has 0 saturated heterocycles. The van der Waals surface area contributed by atoms with Crippen LogP contribution in [-0.4, -0.2) is 15.0 Å². The zero-order valence-corrected chi connectivity index (χ0v) is 11.1. The lowest BCUT2D eigenvalue weighted by molar-refractivity contribution is 0.533. The van der Waals surface area contributed by atoms with Gasteiger partial charge in [0.15, 0.2) is 0 Å². The van der Waals surface area contributed by atoms with Gasteiger partial charge < -0.3 is 5.73 Å². The molecule has 2 aromatic rings. The Kier molecular flexibility index (Phi) is 3.01. The van der Waals surface area contributed by atoms with Gasteiger partial charge in [0.25, 0.3) is 0 Å². The van der Waals surface area contributed by atoms with Crippen LogP contribution in [0, 0.1) is 5.82 Å². The molecule has 0 amide bonds. The summed E-state index contributed by atoms with van der Waals surface area (Å²) in [4.78, 5) is 0. The maximum atomic E-state index is 13.7. The molecule has 0 fully saturated rings. The average molecular weight is 299 g/mol. The van der Waals surface area contributed by atoms with Crippen LogP contribution < -0.4 is 5.73 Å². The third-order valence-electron chi connectivity index (χ3n) is 2.31. The van der Waals surface area contributed by atoms with Crippen molar-refractivity contribution >= 4 is 15.9 Å². The van der Waals surface area contributed by atoms with Gasteiger partial charge in [-0.25, -0.2) is 9.07 Å². The Bertz CT molecular complexity index is 545. The minimum atomic E-state index is -0.593. The normalized spacial score (nSPS) is 11.8. The SMILES string of the molecule is CC(C)(N)c1cn(-c2ccc(Br)cc2F)nn1. The zero-order valence-electron chi connectivity index (χ0n) is 9.48. The fourth-order valence-electron chi connectivity index (χ4n) is 1.34. The number of hydrogen-bond acceptors (Lipinski definition) is 3. The van der Waals surface area contributed by atoms with Gasteiger partial charge >= 0.3 is 0 Å². The van der Waals surface area contributed by atoms with Crippen LogP contribution in [0.4, 0.5) is 4.39 Å². The minimum Gasteiger partial charge on any atom is -0.320 e. The van der Waals surface area contributed by atoms with Gasteiger partial charge in [-0.1, -0.05) is 21.1 Å². The number of aromatic nitrogens is 3. The number of benzene rings is 1. The predicted molar refractivity (Wildman–Crippen MR) is 66.2 cm³/mol. The molecule has 0 atom stereocenters. The van der Waals surface area contributed by atoms with E-state index in [2.05, 4.69) is 26.2 Å². The Morgan fingerprint density at radius 3 is 2.65 bits per heavy atom. The second kappa shape index (κ2) is 4.19. The molecule has 0 aliphatic heterocycles. The van der Waals surface area contributed by atoms with Gasteiger partial charge in [-0.05, 0) is 32.0 Å². The van der Waals surface area contributed by atoms with E-state index in [0.29, 0.717) is 15.9 Å². The second-order valence-electron chi connectivity index (χ2n) is 4.37. The maximum Gasteiger partial charge on any atom is 0.150 e. The first-order valence-corrected chi connectivity index (χ1v) is 5.84. The lowest BCUT2D eigenvalue weighted by Gasteiger charge is -2.13. The van der Waals surface area contributed by atoms with Gasteiger partial charge in [-0.2, -0.15) is 0 Å². The molecule has 0 unspecified atom stereocenters. The molecule has 1 aromatic carbocycles. The first kappa shape index (κ1) is 12.2. The van der Waals surface area contributed by atoms with Crippen molar-refractivity contribution in [1.29, 1.82) is 0 Å². The van der Waals surface area contributed by atoms with E-state index < -0.39 is 5.54 Å². The van der Waals surface area contributed by atoms with Gasteiger partial charge in [-0.15, -0.1) is 5.10 Å². The van der Waals surface area contributed by atoms with Crippen LogP contribution in [0.3, 0.4) is 0 Å². The number of nitrogens with two attached hydrogens (primary N) is 1. The Labute approximate surface area is 107 Å². The van der Waals surface area contributed by atoms with Crippen molar-refractivity contribution in [2.24, 2.45) is 5.73 Å². The highest BCUT2D eigenvalue weighted by molar-refractivity contribution is 9.10. The fourth-order valence-corrected chi connectivity index (χ4v) is 1.68. The van der Waals surface area contributed by atoms with E-state index in [1.807, 2.05) is 13.8 Å². The van der Waals surface area contributed by atoms with Crippen molar-refractivity contribution in [1.82, 2.24) is 15.0 Å². The summed E-state index contributed by atoms with van der Waals surface area (Å²) in [5, 5.41) is 7.81. The van der Waals surface area contributed by atoms with E-state index in [0.717, 1.165) is 0 Å². The number of halogens is 2. The predicted octanol–water partition coefficient (Wildman–Crippen LogP) is 2.36. The monoisotopic (exact) mass is 298 g/mol. The Balaban J connectivity index is 2.44. The Morgan fingerprint density at radius 1 is 1.41 bits per heavy atom. The molecule has 4 nitrogen and oxygen atoms in total. The molecule has 0 saturated carbocycles. The van der Waals surface area contributed by atoms with Gasteiger partial charge in [0.2, 0.25) is 0 Å². The molecule has 0 bridgehead atoms. The molecule has 1 aromatic heterocycles. The molecule has 0 radical (unpaired) electrons. The summed E-state index contributed by atoms with van der Waals surface area (Å²) in [6, 6.07) is 4.75. The van der Waals surface area contributed by atoms with Crippen molar-refractivity contribution in [2.45, 2.75) is 19.4 Å². The largest absolute Gasteiger partial charge is 0.320 e. The number of nitrogens with zero attached hydrogens (tertiary/aromatic N) is 3. The molecule has 0 aliphatic rings. The van der Waals surface area contributed by atoms with E-state index in [1.54, 1.807) is 18.3 Å². The van der Waals surface area contributed by atoms with E-state index in [4.69, 9.17) is 5.73 Å². The van der Waals surface area contributed by atoms with Crippen molar-refractivity contribution < 1.29 is 4.39 Å². The molecule has 1 heterocycles. The number of rotatable bonds is 2. The van der Waals surface area contributed by atoms with Crippen LogP contribution in [0.5, 0.6) is 0 Å². The van der Waals surface area contributed by atoms with Gasteiger partial charge in [0.1, 0.15) is 17.2 Å². The molecule has 0 spiro atoms. The van der Waals surface area contributed by atoms with Crippen LogP contribution in [0.15, 0.2) is 28.9 Å². The smallest absolute Gasteiger partial charge is 0.150 e. The van der Waals surface area contributed by atoms with Crippen molar-refractivity contribution in [3.63, 3.8) is 0 Å². The first-order chi connectivity index (χ1) is 7.88. The van der Waals surface area contributed by atoms with Crippen LogP contribution in [0.25, 0.3) is 5.69 Å². The molecule has 2 N–H and O–H groups in total. The van der Waals surface area contributed by atoms with Crippen LogP contribution in [0.1, 0.15) is 19.5 Å². The standard InChI is InChI=1S/C11H12BrFN4/c1-11(2,14)10-6-17(16-15-10)9-4-3-7(12)5-8(9)13/h3-6H,14H2,1-2H3. The highest BCUT2D eigenvalue weighted by Gasteiger charge is 2.19. The second-order valence-corrected chi connectivity index (χ2v) is 5.28. The maximum absolute atomic E-state index is 13.7. The minimum absolute atomic E-state index is 0.344. The third-order valence-corrected chi connectivity index (χ3v) is 2.80. The van der Waals surface area contributed by atoms with Gasteiger partial charge in [0, 0.05) is 4.47 Å². The molecule has 17 heavy (non-hydrogen) atoms. The molecule has 6 heteroatoms. The summed E-state index contributed by atoms with van der Waals surface area (Å²) in [7, 11) is 0. The lowest BCUT2D eigenvalue weighted by atomic mass is 10.0. The van der Waals surface area contributed by atoms with E-state index >= 15 is 0 Å². The van der Waals surface area contributed by atoms with Crippen LogP contribution in [-0.2, 0) is 5.54 Å².